The second-order valence-electron chi connectivity index (χ2n) is 4.82. The molecule has 0 bridgehead atoms. The lowest BCUT2D eigenvalue weighted by Gasteiger charge is -2.14. The van der Waals surface area contributed by atoms with Gasteiger partial charge in [-0.25, -0.2) is 0 Å². The van der Waals surface area contributed by atoms with Crippen molar-refractivity contribution in [3.05, 3.63) is 26.6 Å². The van der Waals surface area contributed by atoms with Crippen molar-refractivity contribution in [1.29, 1.82) is 0 Å². The third-order valence-corrected chi connectivity index (χ3v) is 3.74. The molecule has 0 fully saturated rings. The maximum Gasteiger partial charge on any atom is 0.143 e. The number of aliphatic hydroxyl groups is 1. The first-order valence-corrected chi connectivity index (χ1v) is 7.54. The van der Waals surface area contributed by atoms with E-state index >= 15 is 0 Å². The zero-order valence-electron chi connectivity index (χ0n) is 10.6. The molecule has 1 atom stereocenters. The van der Waals surface area contributed by atoms with E-state index in [1.165, 1.54) is 0 Å². The van der Waals surface area contributed by atoms with Crippen molar-refractivity contribution in [2.24, 2.45) is 5.92 Å². The van der Waals surface area contributed by atoms with Crippen LogP contribution in [0.4, 0.5) is 0 Å². The number of phenolic OH excluding ortho intramolecular Hbond substituents is 1. The van der Waals surface area contributed by atoms with Crippen molar-refractivity contribution in [1.82, 2.24) is 5.32 Å². The van der Waals surface area contributed by atoms with E-state index in [4.69, 9.17) is 0 Å². The summed E-state index contributed by atoms with van der Waals surface area (Å²) in [6, 6.07) is 3.73. The summed E-state index contributed by atoms with van der Waals surface area (Å²) in [5, 5.41) is 22.5. The molecule has 1 unspecified atom stereocenters. The van der Waals surface area contributed by atoms with Crippen LogP contribution in [0.25, 0.3) is 0 Å². The fraction of sp³-hybridized carbons (Fsp3) is 0.538. The highest BCUT2D eigenvalue weighted by atomic mass is 79.9. The minimum atomic E-state index is -0.311. The van der Waals surface area contributed by atoms with Crippen LogP contribution in [0.15, 0.2) is 21.1 Å². The molecular weight excluding hydrogens is 362 g/mol. The van der Waals surface area contributed by atoms with Crippen molar-refractivity contribution < 1.29 is 10.2 Å². The van der Waals surface area contributed by atoms with Crippen LogP contribution in [-0.4, -0.2) is 22.9 Å². The number of nitrogens with one attached hydrogen (secondary N) is 1. The smallest absolute Gasteiger partial charge is 0.143 e. The third-order valence-electron chi connectivity index (χ3n) is 2.53. The highest BCUT2D eigenvalue weighted by molar-refractivity contribution is 9.11. The second-order valence-corrected chi connectivity index (χ2v) is 6.53. The van der Waals surface area contributed by atoms with Gasteiger partial charge in [-0.3, -0.25) is 0 Å². The van der Waals surface area contributed by atoms with E-state index in [0.717, 1.165) is 12.0 Å². The number of rotatable bonds is 6. The highest BCUT2D eigenvalue weighted by Gasteiger charge is 2.08. The van der Waals surface area contributed by atoms with Gasteiger partial charge in [0.05, 0.1) is 15.0 Å². The minimum absolute atomic E-state index is 0.207. The number of hydrogen-bond acceptors (Lipinski definition) is 3. The predicted molar refractivity (Wildman–Crippen MR) is 80.7 cm³/mol. The molecule has 0 aromatic heterocycles. The van der Waals surface area contributed by atoms with Gasteiger partial charge in [-0.1, -0.05) is 13.8 Å². The minimum Gasteiger partial charge on any atom is -0.506 e. The third kappa shape index (κ3) is 5.26. The van der Waals surface area contributed by atoms with Crippen molar-refractivity contribution in [3.8, 4) is 5.75 Å². The topological polar surface area (TPSA) is 52.5 Å². The van der Waals surface area contributed by atoms with Crippen molar-refractivity contribution in [2.75, 3.05) is 6.54 Å². The Bertz CT molecular complexity index is 374. The molecule has 1 aromatic rings. The number of hydrogen-bond donors (Lipinski definition) is 3. The summed E-state index contributed by atoms with van der Waals surface area (Å²) in [4.78, 5) is 0. The fourth-order valence-electron chi connectivity index (χ4n) is 1.73. The lowest BCUT2D eigenvalue weighted by molar-refractivity contribution is 0.146. The Labute approximate surface area is 125 Å². The zero-order valence-corrected chi connectivity index (χ0v) is 13.8. The molecule has 0 aliphatic carbocycles. The maximum atomic E-state index is 9.73. The molecule has 5 heteroatoms. The molecule has 0 saturated carbocycles. The summed E-state index contributed by atoms with van der Waals surface area (Å²) in [5.41, 5.74) is 1.04. The van der Waals surface area contributed by atoms with Crippen LogP contribution in [0.3, 0.4) is 0 Å². The first kappa shape index (κ1) is 16.0. The Balaban J connectivity index is 2.45. The number of halogens is 2. The number of benzene rings is 1. The average Bonchev–Trinajstić information content (AvgIpc) is 2.24. The standard InChI is InChI=1S/C13H19Br2NO2/c1-8(2)3-10(17)7-16-6-9-4-11(14)13(18)12(15)5-9/h4-5,8,10,16-18H,3,6-7H2,1-2H3. The van der Waals surface area contributed by atoms with E-state index in [1.54, 1.807) is 0 Å². The average molecular weight is 381 g/mol. The SMILES string of the molecule is CC(C)CC(O)CNCc1cc(Br)c(O)c(Br)c1. The molecule has 0 saturated heterocycles. The van der Waals surface area contributed by atoms with Gasteiger partial charge in [0.1, 0.15) is 5.75 Å². The van der Waals surface area contributed by atoms with E-state index in [0.29, 0.717) is 28.0 Å². The van der Waals surface area contributed by atoms with E-state index < -0.39 is 0 Å². The highest BCUT2D eigenvalue weighted by Crippen LogP contribution is 2.33. The van der Waals surface area contributed by atoms with Crippen molar-refractivity contribution in [3.63, 3.8) is 0 Å². The molecule has 0 heterocycles. The Morgan fingerprint density at radius 1 is 1.22 bits per heavy atom. The molecule has 1 rings (SSSR count). The van der Waals surface area contributed by atoms with Gasteiger partial charge < -0.3 is 15.5 Å². The van der Waals surface area contributed by atoms with Gasteiger partial charge in [0, 0.05) is 13.1 Å². The van der Waals surface area contributed by atoms with Crippen LogP contribution in [0.1, 0.15) is 25.8 Å². The largest absolute Gasteiger partial charge is 0.506 e. The Morgan fingerprint density at radius 3 is 2.28 bits per heavy atom. The summed E-state index contributed by atoms with van der Waals surface area (Å²) in [6.07, 6.45) is 0.490. The fourth-order valence-corrected chi connectivity index (χ4v) is 3.01. The Hall–Kier alpha value is -0.100. The molecule has 0 amide bonds. The molecule has 102 valence electrons. The molecular formula is C13H19Br2NO2. The van der Waals surface area contributed by atoms with Gasteiger partial charge >= 0.3 is 0 Å². The summed E-state index contributed by atoms with van der Waals surface area (Å²) in [7, 11) is 0. The van der Waals surface area contributed by atoms with Gasteiger partial charge in [-0.15, -0.1) is 0 Å². The van der Waals surface area contributed by atoms with Crippen LogP contribution >= 0.6 is 31.9 Å². The molecule has 0 aliphatic rings. The van der Waals surface area contributed by atoms with Crippen LogP contribution in [0.5, 0.6) is 5.75 Å². The number of phenols is 1. The van der Waals surface area contributed by atoms with Gasteiger partial charge in [0.2, 0.25) is 0 Å². The predicted octanol–water partition coefficient (Wildman–Crippen LogP) is 3.41. The number of aromatic hydroxyl groups is 1. The van der Waals surface area contributed by atoms with Crippen molar-refractivity contribution in [2.45, 2.75) is 32.9 Å². The summed E-state index contributed by atoms with van der Waals surface area (Å²) in [5.74, 6) is 0.706. The normalized spacial score (nSPS) is 13.0. The van der Waals surface area contributed by atoms with Crippen LogP contribution in [-0.2, 0) is 6.54 Å². The van der Waals surface area contributed by atoms with E-state index in [2.05, 4.69) is 51.0 Å². The van der Waals surface area contributed by atoms with Crippen LogP contribution in [0, 0.1) is 5.92 Å². The van der Waals surface area contributed by atoms with E-state index in [1.807, 2.05) is 12.1 Å². The summed E-state index contributed by atoms with van der Waals surface area (Å²) >= 11 is 6.59. The van der Waals surface area contributed by atoms with E-state index in [-0.39, 0.29) is 11.9 Å². The first-order valence-electron chi connectivity index (χ1n) is 5.95. The second kappa shape index (κ2) is 7.48. The lowest BCUT2D eigenvalue weighted by Crippen LogP contribution is -2.27. The molecule has 18 heavy (non-hydrogen) atoms. The molecule has 3 N–H and O–H groups in total. The molecule has 0 aliphatic heterocycles. The Morgan fingerprint density at radius 2 is 1.78 bits per heavy atom. The van der Waals surface area contributed by atoms with Gasteiger partial charge in [0.25, 0.3) is 0 Å². The van der Waals surface area contributed by atoms with Gasteiger partial charge in [0.15, 0.2) is 0 Å². The van der Waals surface area contributed by atoms with Crippen LogP contribution < -0.4 is 5.32 Å². The number of aliphatic hydroxyl groups excluding tert-OH is 1. The van der Waals surface area contributed by atoms with Crippen molar-refractivity contribution >= 4 is 31.9 Å². The molecule has 0 spiro atoms. The zero-order chi connectivity index (χ0) is 13.7. The molecule has 1 aromatic carbocycles. The first-order chi connectivity index (χ1) is 8.40. The quantitative estimate of drug-likeness (QED) is 0.708. The Kier molecular flexibility index (Phi) is 6.63. The lowest BCUT2D eigenvalue weighted by atomic mass is 10.1. The van der Waals surface area contributed by atoms with E-state index in [9.17, 15) is 10.2 Å². The molecule has 3 nitrogen and oxygen atoms in total. The molecule has 0 radical (unpaired) electrons. The summed E-state index contributed by atoms with van der Waals surface area (Å²) in [6.45, 7) is 5.43. The van der Waals surface area contributed by atoms with Gasteiger partial charge in [-0.05, 0) is 61.9 Å². The monoisotopic (exact) mass is 379 g/mol. The maximum absolute atomic E-state index is 9.73. The van der Waals surface area contributed by atoms with Crippen LogP contribution in [0.2, 0.25) is 0 Å². The van der Waals surface area contributed by atoms with Gasteiger partial charge in [-0.2, -0.15) is 0 Å². The summed E-state index contributed by atoms with van der Waals surface area (Å²) < 4.78 is 1.33.